The van der Waals surface area contributed by atoms with Gasteiger partial charge in [0.15, 0.2) is 0 Å². The second-order valence-electron chi connectivity index (χ2n) is 9.54. The number of rotatable bonds is 8. The molecule has 1 aromatic carbocycles. The van der Waals surface area contributed by atoms with Gasteiger partial charge in [-0.25, -0.2) is 15.8 Å². The van der Waals surface area contributed by atoms with Crippen molar-refractivity contribution in [2.75, 3.05) is 23.7 Å². The molecule has 0 spiro atoms. The van der Waals surface area contributed by atoms with Gasteiger partial charge in [-0.2, -0.15) is 0 Å². The second-order valence-corrected chi connectivity index (χ2v) is 9.54. The lowest BCUT2D eigenvalue weighted by Gasteiger charge is -2.30. The van der Waals surface area contributed by atoms with E-state index in [9.17, 15) is 0 Å². The van der Waals surface area contributed by atoms with Crippen LogP contribution in [0.5, 0.6) is 0 Å². The van der Waals surface area contributed by atoms with E-state index >= 15 is 0 Å². The van der Waals surface area contributed by atoms with Crippen molar-refractivity contribution in [2.45, 2.75) is 59.0 Å². The molecule has 3 heterocycles. The summed E-state index contributed by atoms with van der Waals surface area (Å²) >= 11 is 0. The normalized spacial score (nSPS) is 14.2. The Kier molecular flexibility index (Phi) is 10.2. The number of hydrazine groups is 1. The molecule has 0 bridgehead atoms. The number of hydrogen-bond acceptors (Lipinski definition) is 9. The highest BCUT2D eigenvalue weighted by atomic mass is 15.4. The van der Waals surface area contributed by atoms with Gasteiger partial charge < -0.3 is 26.7 Å². The lowest BCUT2D eigenvalue weighted by molar-refractivity contribution is 0.229. The van der Waals surface area contributed by atoms with Crippen molar-refractivity contribution in [1.29, 1.82) is 0 Å². The summed E-state index contributed by atoms with van der Waals surface area (Å²) < 4.78 is 0. The van der Waals surface area contributed by atoms with Gasteiger partial charge in [-0.1, -0.05) is 39.0 Å². The first-order valence-corrected chi connectivity index (χ1v) is 13.0. The van der Waals surface area contributed by atoms with E-state index in [1.165, 1.54) is 6.42 Å². The number of fused-ring (bicyclic) bond motifs is 1. The van der Waals surface area contributed by atoms with E-state index < -0.39 is 0 Å². The summed E-state index contributed by atoms with van der Waals surface area (Å²) in [5.74, 6) is 7.62. The van der Waals surface area contributed by atoms with Crippen LogP contribution in [-0.4, -0.2) is 45.1 Å². The van der Waals surface area contributed by atoms with Crippen LogP contribution in [0.1, 0.15) is 47.0 Å². The monoisotopic (exact) mass is 503 g/mol. The maximum atomic E-state index is 6.25. The van der Waals surface area contributed by atoms with Crippen LogP contribution in [0.4, 0.5) is 11.6 Å². The van der Waals surface area contributed by atoms with Gasteiger partial charge in [0, 0.05) is 35.4 Å². The quantitative estimate of drug-likeness (QED) is 0.170. The smallest absolute Gasteiger partial charge is 0.145 e. The Labute approximate surface area is 220 Å². The zero-order chi connectivity index (χ0) is 26.8. The Bertz CT molecular complexity index is 1200. The lowest BCUT2D eigenvalue weighted by Crippen LogP contribution is -2.44. The zero-order valence-corrected chi connectivity index (χ0v) is 22.5. The van der Waals surface area contributed by atoms with Crippen molar-refractivity contribution in [3.8, 4) is 11.3 Å². The minimum Gasteiger partial charge on any atom is -0.396 e. The van der Waals surface area contributed by atoms with E-state index in [0.29, 0.717) is 17.2 Å². The van der Waals surface area contributed by atoms with Crippen LogP contribution >= 0.6 is 0 Å². The summed E-state index contributed by atoms with van der Waals surface area (Å²) in [6.45, 7) is 14.4. The van der Waals surface area contributed by atoms with Gasteiger partial charge in [0.05, 0.1) is 29.5 Å². The van der Waals surface area contributed by atoms with Crippen molar-refractivity contribution in [2.24, 2.45) is 11.6 Å². The van der Waals surface area contributed by atoms with Gasteiger partial charge in [-0.05, 0) is 57.3 Å². The number of piperidine rings is 1. The SMILES string of the molecule is C=C(Nc1cc2cc(-c3cncc(NC(C)C)n3)ccc2cn1)/C(N)=C/N(N)C1CCNCC1.CCC. The Hall–Kier alpha value is -3.69. The van der Waals surface area contributed by atoms with Gasteiger partial charge in [-0.3, -0.25) is 4.98 Å². The molecule has 7 N–H and O–H groups in total. The number of nitrogens with two attached hydrogens (primary N) is 2. The maximum Gasteiger partial charge on any atom is 0.145 e. The highest BCUT2D eigenvalue weighted by Crippen LogP contribution is 2.25. The lowest BCUT2D eigenvalue weighted by atomic mass is 10.1. The number of benzene rings is 1. The topological polar surface area (TPSA) is 130 Å². The van der Waals surface area contributed by atoms with Crippen LogP contribution in [0.3, 0.4) is 0 Å². The molecular weight excluding hydrogens is 462 g/mol. The van der Waals surface area contributed by atoms with Crippen LogP contribution in [0, 0.1) is 0 Å². The van der Waals surface area contributed by atoms with Gasteiger partial charge in [0.1, 0.15) is 11.6 Å². The Morgan fingerprint density at radius 3 is 2.57 bits per heavy atom. The third-order valence-corrected chi connectivity index (χ3v) is 5.73. The standard InChI is InChI=1S/C25H33N9.C3H8/c1-16(2)31-25-14-29-13-23(33-25)18-4-5-19-12-30-24(11-20(19)10-18)32-17(3)22(26)15-34(27)21-6-8-28-9-7-21;1-3-2/h4-5,10-16,21,28H,3,6-9,26-27H2,1-2H3,(H,30,32)(H,31,33);3H2,1-2H3/b22-15-;. The van der Waals surface area contributed by atoms with E-state index in [4.69, 9.17) is 11.6 Å². The van der Waals surface area contributed by atoms with Crippen LogP contribution < -0.4 is 27.5 Å². The Morgan fingerprint density at radius 1 is 1.14 bits per heavy atom. The third kappa shape index (κ3) is 8.16. The molecule has 1 fully saturated rings. The summed E-state index contributed by atoms with van der Waals surface area (Å²) in [7, 11) is 0. The number of aromatic nitrogens is 3. The van der Waals surface area contributed by atoms with Gasteiger partial charge in [-0.15, -0.1) is 0 Å². The molecule has 0 saturated carbocycles. The summed E-state index contributed by atoms with van der Waals surface area (Å²) in [6.07, 6.45) is 10.3. The van der Waals surface area contributed by atoms with Crippen LogP contribution in [-0.2, 0) is 0 Å². The van der Waals surface area contributed by atoms with Crippen molar-refractivity contribution in [3.63, 3.8) is 0 Å². The molecule has 3 aromatic rings. The van der Waals surface area contributed by atoms with Crippen molar-refractivity contribution in [1.82, 2.24) is 25.3 Å². The second kappa shape index (κ2) is 13.6. The molecule has 1 aliphatic heterocycles. The van der Waals surface area contributed by atoms with Crippen molar-refractivity contribution >= 4 is 22.4 Å². The van der Waals surface area contributed by atoms with E-state index in [1.54, 1.807) is 23.6 Å². The fraction of sp³-hybridized carbons (Fsp3) is 0.393. The molecule has 4 rings (SSSR count). The van der Waals surface area contributed by atoms with Crippen LogP contribution in [0.15, 0.2) is 67.0 Å². The maximum absolute atomic E-state index is 6.25. The van der Waals surface area contributed by atoms with E-state index in [1.807, 2.05) is 24.4 Å². The fourth-order valence-corrected chi connectivity index (χ4v) is 3.91. The van der Waals surface area contributed by atoms with Crippen LogP contribution in [0.25, 0.3) is 22.0 Å². The molecule has 1 aliphatic rings. The molecule has 9 heteroatoms. The van der Waals surface area contributed by atoms with E-state index in [0.717, 1.165) is 53.8 Å². The molecule has 2 aromatic heterocycles. The number of pyridine rings is 1. The molecule has 0 atom stereocenters. The molecule has 0 radical (unpaired) electrons. The summed E-state index contributed by atoms with van der Waals surface area (Å²) in [5, 5.41) is 13.6. The van der Waals surface area contributed by atoms with Crippen molar-refractivity contribution in [3.05, 3.63) is 67.0 Å². The minimum absolute atomic E-state index is 0.266. The number of nitrogens with zero attached hydrogens (tertiary/aromatic N) is 4. The van der Waals surface area contributed by atoms with E-state index in [-0.39, 0.29) is 12.1 Å². The number of hydrogen-bond donors (Lipinski definition) is 5. The van der Waals surface area contributed by atoms with Crippen LogP contribution in [0.2, 0.25) is 0 Å². The molecule has 1 saturated heterocycles. The van der Waals surface area contributed by atoms with E-state index in [2.05, 4.69) is 71.2 Å². The first-order valence-electron chi connectivity index (χ1n) is 13.0. The predicted molar refractivity (Wildman–Crippen MR) is 154 cm³/mol. The molecule has 0 aliphatic carbocycles. The van der Waals surface area contributed by atoms with Crippen molar-refractivity contribution < 1.29 is 0 Å². The fourth-order valence-electron chi connectivity index (χ4n) is 3.91. The summed E-state index contributed by atoms with van der Waals surface area (Å²) in [6, 6.07) is 8.64. The molecule has 0 amide bonds. The zero-order valence-electron chi connectivity index (χ0n) is 22.5. The summed E-state index contributed by atoms with van der Waals surface area (Å²) in [5.41, 5.74) is 9.05. The third-order valence-electron chi connectivity index (χ3n) is 5.73. The first kappa shape index (κ1) is 27.9. The van der Waals surface area contributed by atoms with Gasteiger partial charge in [0.2, 0.25) is 0 Å². The summed E-state index contributed by atoms with van der Waals surface area (Å²) in [4.78, 5) is 13.5. The number of anilines is 2. The Morgan fingerprint density at radius 2 is 1.86 bits per heavy atom. The number of nitrogens with one attached hydrogen (secondary N) is 3. The molecular formula is C28H41N9. The highest BCUT2D eigenvalue weighted by Gasteiger charge is 2.17. The predicted octanol–water partition coefficient (Wildman–Crippen LogP) is 4.58. The minimum atomic E-state index is 0.266. The molecule has 0 unspecified atom stereocenters. The highest BCUT2D eigenvalue weighted by molar-refractivity contribution is 5.88. The van der Waals surface area contributed by atoms with Gasteiger partial charge >= 0.3 is 0 Å². The van der Waals surface area contributed by atoms with Gasteiger partial charge in [0.25, 0.3) is 0 Å². The molecule has 9 nitrogen and oxygen atoms in total. The Balaban J connectivity index is 0.00000121. The first-order chi connectivity index (χ1) is 17.8. The average molecular weight is 504 g/mol. The largest absolute Gasteiger partial charge is 0.396 e. The average Bonchev–Trinajstić information content (AvgIpc) is 2.89. The molecule has 198 valence electrons. The molecule has 37 heavy (non-hydrogen) atoms.